The van der Waals surface area contributed by atoms with Crippen LogP contribution in [0.15, 0.2) is 0 Å². The van der Waals surface area contributed by atoms with Crippen LogP contribution in [0.1, 0.15) is 38.5 Å². The first-order valence-electron chi connectivity index (χ1n) is 5.52. The first-order valence-corrected chi connectivity index (χ1v) is 5.52. The lowest BCUT2D eigenvalue weighted by Crippen LogP contribution is -2.51. The van der Waals surface area contributed by atoms with Crippen molar-refractivity contribution in [2.24, 2.45) is 0 Å². The van der Waals surface area contributed by atoms with E-state index < -0.39 is 5.79 Å². The second kappa shape index (κ2) is 3.45. The molecule has 1 spiro atoms. The summed E-state index contributed by atoms with van der Waals surface area (Å²) in [5, 5.41) is 0. The fourth-order valence-corrected chi connectivity index (χ4v) is 2.43. The van der Waals surface area contributed by atoms with Gasteiger partial charge in [0.15, 0.2) is 6.29 Å². The molecule has 4 nitrogen and oxygen atoms in total. The van der Waals surface area contributed by atoms with Crippen LogP contribution in [0.3, 0.4) is 0 Å². The van der Waals surface area contributed by atoms with E-state index in [2.05, 4.69) is 0 Å². The third-order valence-corrected chi connectivity index (χ3v) is 3.24. The molecule has 1 saturated carbocycles. The van der Waals surface area contributed by atoms with Gasteiger partial charge in [0.05, 0.1) is 0 Å². The van der Waals surface area contributed by atoms with Crippen molar-refractivity contribution in [3.8, 4) is 0 Å². The van der Waals surface area contributed by atoms with Crippen LogP contribution in [-0.2, 0) is 19.2 Å². The molecule has 0 aromatic heterocycles. The van der Waals surface area contributed by atoms with Crippen LogP contribution >= 0.6 is 0 Å². The Morgan fingerprint density at radius 2 is 1.93 bits per heavy atom. The van der Waals surface area contributed by atoms with Crippen LogP contribution in [0.2, 0.25) is 0 Å². The number of hydrogen-bond donors (Lipinski definition) is 0. The highest BCUT2D eigenvalue weighted by Crippen LogP contribution is 2.41. The molecular formula is C10H16O4. The largest absolute Gasteiger partial charge is 0.350 e. The van der Waals surface area contributed by atoms with E-state index in [9.17, 15) is 0 Å². The number of hydrogen-bond acceptors (Lipinski definition) is 4. The normalized spacial score (nSPS) is 41.1. The molecule has 0 amide bonds. The minimum Gasteiger partial charge on any atom is -0.350 e. The summed E-state index contributed by atoms with van der Waals surface area (Å²) < 4.78 is 11.4. The molecule has 0 aromatic carbocycles. The molecule has 4 heteroatoms. The fraction of sp³-hybridized carbons (Fsp3) is 1.00. The minimum absolute atomic E-state index is 0.0185. The summed E-state index contributed by atoms with van der Waals surface area (Å²) in [6.07, 6.45) is 5.95. The van der Waals surface area contributed by atoms with Gasteiger partial charge in [-0.2, -0.15) is 0 Å². The predicted molar refractivity (Wildman–Crippen MR) is 47.2 cm³/mol. The van der Waals surface area contributed by atoms with E-state index in [-0.39, 0.29) is 12.4 Å². The van der Waals surface area contributed by atoms with E-state index in [4.69, 9.17) is 19.2 Å². The Morgan fingerprint density at radius 3 is 2.79 bits per heavy atom. The van der Waals surface area contributed by atoms with Crippen molar-refractivity contribution in [2.45, 2.75) is 56.7 Å². The molecule has 3 fully saturated rings. The Labute approximate surface area is 83.4 Å². The van der Waals surface area contributed by atoms with Gasteiger partial charge in [0, 0.05) is 19.4 Å². The van der Waals surface area contributed by atoms with Gasteiger partial charge in [0.1, 0.15) is 6.10 Å². The van der Waals surface area contributed by atoms with Crippen molar-refractivity contribution in [1.82, 2.24) is 0 Å². The van der Waals surface area contributed by atoms with Crippen molar-refractivity contribution in [2.75, 3.05) is 6.61 Å². The first-order chi connectivity index (χ1) is 6.88. The molecule has 0 bridgehead atoms. The highest BCUT2D eigenvalue weighted by atomic mass is 17.3. The molecule has 1 aliphatic carbocycles. The Hall–Kier alpha value is -0.160. The second-order valence-corrected chi connectivity index (χ2v) is 4.34. The second-order valence-electron chi connectivity index (χ2n) is 4.34. The van der Waals surface area contributed by atoms with Crippen molar-refractivity contribution < 1.29 is 19.2 Å². The predicted octanol–water partition coefficient (Wildman–Crippen LogP) is 1.74. The molecule has 80 valence electrons. The lowest BCUT2D eigenvalue weighted by atomic mass is 10.1. The summed E-state index contributed by atoms with van der Waals surface area (Å²) in [4.78, 5) is 10.8. The molecule has 3 aliphatic rings. The Kier molecular flexibility index (Phi) is 2.24. The summed E-state index contributed by atoms with van der Waals surface area (Å²) in [6.45, 7) is 0.778. The first kappa shape index (κ1) is 9.09. The zero-order valence-electron chi connectivity index (χ0n) is 8.24. The quantitative estimate of drug-likeness (QED) is 0.558. The molecule has 0 N–H and O–H groups in total. The molecule has 0 aromatic rings. The van der Waals surface area contributed by atoms with Gasteiger partial charge < -0.3 is 9.47 Å². The van der Waals surface area contributed by atoms with Gasteiger partial charge in [-0.05, 0) is 25.7 Å². The van der Waals surface area contributed by atoms with Gasteiger partial charge in [-0.15, -0.1) is 0 Å². The highest BCUT2D eigenvalue weighted by Gasteiger charge is 2.47. The average Bonchev–Trinajstić information content (AvgIpc) is 2.66. The molecular weight excluding hydrogens is 184 g/mol. The Bertz CT molecular complexity index is 212. The topological polar surface area (TPSA) is 36.9 Å². The third-order valence-electron chi connectivity index (χ3n) is 3.24. The average molecular weight is 200 g/mol. The van der Waals surface area contributed by atoms with Crippen molar-refractivity contribution in [3.05, 3.63) is 0 Å². The molecule has 2 saturated heterocycles. The number of rotatable bonds is 0. The molecule has 3 rings (SSSR count). The minimum atomic E-state index is -0.488. The van der Waals surface area contributed by atoms with E-state index in [0.717, 1.165) is 45.1 Å². The maximum Gasteiger partial charge on any atom is 0.204 e. The van der Waals surface area contributed by atoms with E-state index in [0.29, 0.717) is 0 Å². The monoisotopic (exact) mass is 200 g/mol. The van der Waals surface area contributed by atoms with Crippen LogP contribution in [0.25, 0.3) is 0 Å². The van der Waals surface area contributed by atoms with E-state index in [1.807, 2.05) is 0 Å². The van der Waals surface area contributed by atoms with Gasteiger partial charge in [-0.3, -0.25) is 0 Å². The van der Waals surface area contributed by atoms with E-state index in [1.54, 1.807) is 0 Å². The summed E-state index contributed by atoms with van der Waals surface area (Å²) in [5.74, 6) is -0.488. The van der Waals surface area contributed by atoms with Crippen molar-refractivity contribution >= 4 is 0 Å². The maximum absolute atomic E-state index is 5.87. The van der Waals surface area contributed by atoms with Gasteiger partial charge in [0.25, 0.3) is 0 Å². The standard InChI is InChI=1S/C10H16O4/c1-2-6-10(5-1)12-9-8(13-14-10)4-3-7-11-9/h8-9H,1-7H2/t8-,9-/m1/s1. The summed E-state index contributed by atoms with van der Waals surface area (Å²) in [5.41, 5.74) is 0. The Morgan fingerprint density at radius 1 is 1.07 bits per heavy atom. The highest BCUT2D eigenvalue weighted by molar-refractivity contribution is 4.81. The smallest absolute Gasteiger partial charge is 0.204 e. The zero-order valence-corrected chi connectivity index (χ0v) is 8.24. The zero-order chi connectivity index (χ0) is 9.43. The van der Waals surface area contributed by atoms with Crippen LogP contribution in [-0.4, -0.2) is 24.8 Å². The van der Waals surface area contributed by atoms with Gasteiger partial charge in [-0.1, -0.05) is 0 Å². The van der Waals surface area contributed by atoms with E-state index >= 15 is 0 Å². The van der Waals surface area contributed by atoms with E-state index in [1.165, 1.54) is 0 Å². The van der Waals surface area contributed by atoms with Crippen LogP contribution in [0.5, 0.6) is 0 Å². The van der Waals surface area contributed by atoms with Gasteiger partial charge >= 0.3 is 0 Å². The number of fused-ring (bicyclic) bond motifs is 1. The SMILES string of the molecule is C1CO[C@@H]2OC3(CCCC3)OO[C@@H]2C1. The summed E-state index contributed by atoms with van der Waals surface area (Å²) in [7, 11) is 0. The molecule has 0 radical (unpaired) electrons. The van der Waals surface area contributed by atoms with Gasteiger partial charge in [-0.25, -0.2) is 9.78 Å². The van der Waals surface area contributed by atoms with Crippen LogP contribution < -0.4 is 0 Å². The number of ether oxygens (including phenoxy) is 2. The van der Waals surface area contributed by atoms with Crippen molar-refractivity contribution in [3.63, 3.8) is 0 Å². The van der Waals surface area contributed by atoms with Crippen LogP contribution in [0.4, 0.5) is 0 Å². The van der Waals surface area contributed by atoms with Gasteiger partial charge in [0.2, 0.25) is 5.79 Å². The summed E-state index contributed by atoms with van der Waals surface area (Å²) in [6, 6.07) is 0. The fourth-order valence-electron chi connectivity index (χ4n) is 2.43. The maximum atomic E-state index is 5.87. The lowest BCUT2D eigenvalue weighted by Gasteiger charge is -2.42. The van der Waals surface area contributed by atoms with Crippen LogP contribution in [0, 0.1) is 0 Å². The molecule has 2 atom stereocenters. The molecule has 0 unspecified atom stereocenters. The molecule has 2 heterocycles. The molecule has 2 aliphatic heterocycles. The lowest BCUT2D eigenvalue weighted by molar-refractivity contribution is -0.529. The van der Waals surface area contributed by atoms with Crippen molar-refractivity contribution in [1.29, 1.82) is 0 Å². The Balaban J connectivity index is 1.70. The molecule has 14 heavy (non-hydrogen) atoms. The third kappa shape index (κ3) is 1.46. The summed E-state index contributed by atoms with van der Waals surface area (Å²) >= 11 is 0.